The molecule has 3 aromatic rings. The van der Waals surface area contributed by atoms with Crippen LogP contribution in [0.4, 0.5) is 0 Å². The monoisotopic (exact) mass is 481 g/mol. The summed E-state index contributed by atoms with van der Waals surface area (Å²) in [7, 11) is 1.62. The van der Waals surface area contributed by atoms with Crippen LogP contribution >= 0.6 is 27.7 Å². The molecule has 3 aromatic carbocycles. The quantitative estimate of drug-likeness (QED) is 0.358. The number of hydrogen-bond acceptors (Lipinski definition) is 5. The smallest absolute Gasteiger partial charge is 0.242 e. The van der Waals surface area contributed by atoms with Gasteiger partial charge in [-0.05, 0) is 41.5 Å². The number of ether oxygens (including phenoxy) is 1. The molecule has 1 atom stereocenters. The molecule has 0 saturated carbocycles. The van der Waals surface area contributed by atoms with Gasteiger partial charge in [-0.25, -0.2) is 0 Å². The lowest BCUT2D eigenvalue weighted by molar-refractivity contribution is -0.126. The van der Waals surface area contributed by atoms with Gasteiger partial charge in [-0.2, -0.15) is 5.10 Å². The summed E-state index contributed by atoms with van der Waals surface area (Å²) >= 11 is 4.88. The summed E-state index contributed by atoms with van der Waals surface area (Å²) in [5, 5.41) is 11.3. The first kappa shape index (κ1) is 20.6. The van der Waals surface area contributed by atoms with Gasteiger partial charge < -0.3 is 4.74 Å². The molecule has 30 heavy (non-hydrogen) atoms. The van der Waals surface area contributed by atoms with Crippen molar-refractivity contribution in [2.45, 2.75) is 18.7 Å². The Morgan fingerprint density at radius 1 is 1.17 bits per heavy atom. The van der Waals surface area contributed by atoms with Crippen LogP contribution in [0.2, 0.25) is 0 Å². The van der Waals surface area contributed by atoms with Crippen LogP contribution in [-0.4, -0.2) is 34.5 Å². The van der Waals surface area contributed by atoms with E-state index in [9.17, 15) is 4.79 Å². The van der Waals surface area contributed by atoms with Crippen molar-refractivity contribution in [3.8, 4) is 5.75 Å². The minimum absolute atomic E-state index is 0.0434. The lowest BCUT2D eigenvalue weighted by Gasteiger charge is -2.17. The van der Waals surface area contributed by atoms with Gasteiger partial charge in [-0.3, -0.25) is 9.69 Å². The Hall–Kier alpha value is -2.64. The summed E-state index contributed by atoms with van der Waals surface area (Å²) in [6, 6.07) is 20.0. The van der Waals surface area contributed by atoms with Crippen molar-refractivity contribution >= 4 is 55.8 Å². The molecule has 1 saturated heterocycles. The third-order valence-electron chi connectivity index (χ3n) is 4.87. The van der Waals surface area contributed by atoms with Crippen molar-refractivity contribution in [3.63, 3.8) is 0 Å². The van der Waals surface area contributed by atoms with Crippen molar-refractivity contribution < 1.29 is 9.53 Å². The first-order valence-electron chi connectivity index (χ1n) is 9.46. The number of halogens is 1. The highest BCUT2D eigenvalue weighted by molar-refractivity contribution is 9.10. The van der Waals surface area contributed by atoms with E-state index >= 15 is 0 Å². The van der Waals surface area contributed by atoms with Gasteiger partial charge in [-0.15, -0.1) is 5.10 Å². The summed E-state index contributed by atoms with van der Waals surface area (Å²) < 4.78 is 6.29. The number of thioether (sulfide) groups is 1. The molecule has 1 aliphatic rings. The molecule has 5 nitrogen and oxygen atoms in total. The van der Waals surface area contributed by atoms with E-state index in [0.717, 1.165) is 26.4 Å². The van der Waals surface area contributed by atoms with Crippen LogP contribution in [0, 0.1) is 0 Å². The lowest BCUT2D eigenvalue weighted by Crippen LogP contribution is -2.30. The Bertz CT molecular complexity index is 1160. The predicted molar refractivity (Wildman–Crippen MR) is 127 cm³/mol. The summed E-state index contributed by atoms with van der Waals surface area (Å²) in [4.78, 5) is 14.5. The van der Waals surface area contributed by atoms with E-state index in [1.165, 1.54) is 11.8 Å². The zero-order valence-electron chi connectivity index (χ0n) is 16.6. The molecular formula is C23H20BrN3O2S. The van der Waals surface area contributed by atoms with E-state index in [2.05, 4.69) is 50.4 Å². The van der Waals surface area contributed by atoms with E-state index in [-0.39, 0.29) is 11.2 Å². The molecule has 7 heteroatoms. The van der Waals surface area contributed by atoms with Gasteiger partial charge in [0, 0.05) is 10.0 Å². The van der Waals surface area contributed by atoms with Crippen LogP contribution in [-0.2, 0) is 11.3 Å². The predicted octanol–water partition coefficient (Wildman–Crippen LogP) is 5.46. The van der Waals surface area contributed by atoms with E-state index in [1.807, 2.05) is 43.3 Å². The zero-order valence-corrected chi connectivity index (χ0v) is 19.0. The molecule has 1 heterocycles. The highest BCUT2D eigenvalue weighted by atomic mass is 79.9. The number of amides is 1. The van der Waals surface area contributed by atoms with Crippen molar-refractivity contribution in [2.75, 3.05) is 7.11 Å². The van der Waals surface area contributed by atoms with E-state index in [1.54, 1.807) is 18.2 Å². The summed E-state index contributed by atoms with van der Waals surface area (Å²) in [5.74, 6) is 0.750. The first-order chi connectivity index (χ1) is 14.6. The van der Waals surface area contributed by atoms with Crippen molar-refractivity contribution in [1.29, 1.82) is 0 Å². The molecule has 152 valence electrons. The molecule has 1 fully saturated rings. The van der Waals surface area contributed by atoms with E-state index in [4.69, 9.17) is 4.74 Å². The fourth-order valence-corrected chi connectivity index (χ4v) is 4.66. The maximum Gasteiger partial charge on any atom is 0.242 e. The summed E-state index contributed by atoms with van der Waals surface area (Å²) in [6.07, 6.45) is 1.64. The minimum Gasteiger partial charge on any atom is -0.496 e. The van der Waals surface area contributed by atoms with Crippen LogP contribution in [0.1, 0.15) is 18.1 Å². The van der Waals surface area contributed by atoms with Gasteiger partial charge in [0.15, 0.2) is 5.17 Å². The maximum absolute atomic E-state index is 12.8. The van der Waals surface area contributed by atoms with Crippen LogP contribution in [0.3, 0.4) is 0 Å². The average Bonchev–Trinajstić information content (AvgIpc) is 3.02. The Morgan fingerprint density at radius 2 is 1.97 bits per heavy atom. The Morgan fingerprint density at radius 3 is 2.80 bits per heavy atom. The second-order valence-electron chi connectivity index (χ2n) is 6.84. The Balaban J connectivity index is 1.62. The number of methoxy groups -OCH3 is 1. The maximum atomic E-state index is 12.8. The van der Waals surface area contributed by atoms with Gasteiger partial charge in [0.2, 0.25) is 5.91 Å². The molecule has 1 amide bonds. The minimum atomic E-state index is -0.186. The van der Waals surface area contributed by atoms with Gasteiger partial charge in [-0.1, -0.05) is 70.2 Å². The normalized spacial score (nSPS) is 18.1. The fraction of sp³-hybridized carbons (Fsp3) is 0.174. The number of hydrogen-bond donors (Lipinski definition) is 0. The molecule has 0 bridgehead atoms. The molecule has 0 aliphatic carbocycles. The van der Waals surface area contributed by atoms with E-state index in [0.29, 0.717) is 17.5 Å². The molecule has 4 rings (SSSR count). The molecule has 0 aromatic heterocycles. The van der Waals surface area contributed by atoms with Crippen LogP contribution in [0.5, 0.6) is 5.75 Å². The topological polar surface area (TPSA) is 54.3 Å². The molecular weight excluding hydrogens is 462 g/mol. The van der Waals surface area contributed by atoms with Crippen LogP contribution in [0.25, 0.3) is 10.8 Å². The number of benzene rings is 3. The second kappa shape index (κ2) is 9.02. The fourth-order valence-electron chi connectivity index (χ4n) is 3.36. The third kappa shape index (κ3) is 4.27. The first-order valence-corrected chi connectivity index (χ1v) is 11.1. The zero-order chi connectivity index (χ0) is 21.1. The average molecular weight is 482 g/mol. The Kier molecular flexibility index (Phi) is 6.20. The van der Waals surface area contributed by atoms with Crippen molar-refractivity contribution in [2.24, 2.45) is 10.2 Å². The van der Waals surface area contributed by atoms with Crippen LogP contribution < -0.4 is 4.74 Å². The van der Waals surface area contributed by atoms with Gasteiger partial charge in [0.25, 0.3) is 0 Å². The summed E-state index contributed by atoms with van der Waals surface area (Å²) in [5.41, 5.74) is 1.89. The summed E-state index contributed by atoms with van der Waals surface area (Å²) in [6.45, 7) is 2.36. The lowest BCUT2D eigenvalue weighted by atomic mass is 10.0. The highest BCUT2D eigenvalue weighted by Gasteiger charge is 2.35. The molecule has 0 N–H and O–H groups in total. The number of amidine groups is 1. The number of carbonyl (C=O) groups excluding carboxylic acids is 1. The molecule has 0 unspecified atom stereocenters. The largest absolute Gasteiger partial charge is 0.496 e. The van der Waals surface area contributed by atoms with Gasteiger partial charge in [0.1, 0.15) is 5.75 Å². The second-order valence-corrected chi connectivity index (χ2v) is 9.06. The van der Waals surface area contributed by atoms with Gasteiger partial charge in [0.05, 0.1) is 25.1 Å². The number of nitrogens with zero attached hydrogens (tertiary/aromatic N) is 3. The number of fused-ring (bicyclic) bond motifs is 1. The highest BCUT2D eigenvalue weighted by Crippen LogP contribution is 2.30. The standard InChI is InChI=1S/C23H20BrN3O2S/c1-15-22(28)27(14-17-8-5-7-16-6-3-4-9-20(16)17)23(30-15)26-25-13-18-12-19(24)10-11-21(18)29-2/h3-13,15H,14H2,1-2H3/b25-13-,26-23+/t15-/m0/s1. The SMILES string of the molecule is COc1ccc(Br)cc1/C=N\N=C1\S[C@@H](C)C(=O)N1Cc1cccc2ccccc12. The third-order valence-corrected chi connectivity index (χ3v) is 6.43. The van der Waals surface area contributed by atoms with Gasteiger partial charge >= 0.3 is 0 Å². The number of rotatable bonds is 5. The Labute approximate surface area is 188 Å². The van der Waals surface area contributed by atoms with Crippen molar-refractivity contribution in [3.05, 3.63) is 76.3 Å². The molecule has 0 radical (unpaired) electrons. The molecule has 0 spiro atoms. The van der Waals surface area contributed by atoms with Crippen molar-refractivity contribution in [1.82, 2.24) is 4.90 Å². The number of carbonyl (C=O) groups is 1. The molecule has 1 aliphatic heterocycles. The van der Waals surface area contributed by atoms with E-state index < -0.39 is 0 Å². The van der Waals surface area contributed by atoms with Crippen LogP contribution in [0.15, 0.2) is 75.3 Å².